The smallest absolute Gasteiger partial charge is 0.163 e. The Bertz CT molecular complexity index is 427. The molecular weight excluding hydrogens is 230 g/mol. The fraction of sp³-hybridized carbons (Fsp3) is 0.571. The number of ether oxygens (including phenoxy) is 3. The third kappa shape index (κ3) is 2.38. The summed E-state index contributed by atoms with van der Waals surface area (Å²) in [6.45, 7) is 1.75. The molecule has 0 bridgehead atoms. The molecule has 2 aliphatic rings. The SMILES string of the molecule is Nc1cc2c(cc1COC1CCCC1)OCCO2. The average Bonchev–Trinajstić information content (AvgIpc) is 2.89. The van der Waals surface area contributed by atoms with Crippen LogP contribution in [0.3, 0.4) is 0 Å². The third-order valence-electron chi connectivity index (χ3n) is 3.58. The Morgan fingerprint density at radius 3 is 2.50 bits per heavy atom. The van der Waals surface area contributed by atoms with Crippen LogP contribution in [0.5, 0.6) is 11.5 Å². The summed E-state index contributed by atoms with van der Waals surface area (Å²) in [5.74, 6) is 1.52. The van der Waals surface area contributed by atoms with Crippen LogP contribution in [0.25, 0.3) is 0 Å². The summed E-state index contributed by atoms with van der Waals surface area (Å²) in [5, 5.41) is 0. The highest BCUT2D eigenvalue weighted by Gasteiger charge is 2.18. The molecule has 0 amide bonds. The number of hydrogen-bond acceptors (Lipinski definition) is 4. The number of nitrogens with two attached hydrogens (primary N) is 1. The summed E-state index contributed by atoms with van der Waals surface area (Å²) >= 11 is 0. The molecular formula is C14H19NO3. The van der Waals surface area contributed by atoms with Gasteiger partial charge in [0.25, 0.3) is 0 Å². The largest absolute Gasteiger partial charge is 0.486 e. The Hall–Kier alpha value is -1.42. The molecule has 0 atom stereocenters. The lowest BCUT2D eigenvalue weighted by Gasteiger charge is -2.20. The van der Waals surface area contributed by atoms with Crippen molar-refractivity contribution in [3.05, 3.63) is 17.7 Å². The minimum atomic E-state index is 0.401. The molecule has 0 aromatic heterocycles. The Morgan fingerprint density at radius 1 is 1.11 bits per heavy atom. The van der Waals surface area contributed by atoms with Crippen molar-refractivity contribution >= 4 is 5.69 Å². The van der Waals surface area contributed by atoms with Crippen molar-refractivity contribution in [2.75, 3.05) is 18.9 Å². The van der Waals surface area contributed by atoms with Gasteiger partial charge in [-0.3, -0.25) is 0 Å². The lowest BCUT2D eigenvalue weighted by atomic mass is 10.1. The average molecular weight is 249 g/mol. The molecule has 0 spiro atoms. The van der Waals surface area contributed by atoms with Gasteiger partial charge in [-0.15, -0.1) is 0 Å². The predicted octanol–water partition coefficient (Wildman–Crippen LogP) is 2.50. The molecule has 1 aromatic carbocycles. The molecule has 0 saturated heterocycles. The van der Waals surface area contributed by atoms with Crippen LogP contribution >= 0.6 is 0 Å². The first-order valence-corrected chi connectivity index (χ1v) is 6.62. The second kappa shape index (κ2) is 5.06. The van der Waals surface area contributed by atoms with E-state index in [4.69, 9.17) is 19.9 Å². The van der Waals surface area contributed by atoms with Gasteiger partial charge in [0.2, 0.25) is 0 Å². The fourth-order valence-corrected chi connectivity index (χ4v) is 2.53. The lowest BCUT2D eigenvalue weighted by molar-refractivity contribution is 0.0457. The molecule has 4 nitrogen and oxygen atoms in total. The first-order chi connectivity index (χ1) is 8.83. The number of benzene rings is 1. The van der Waals surface area contributed by atoms with E-state index in [1.165, 1.54) is 25.7 Å². The van der Waals surface area contributed by atoms with E-state index in [9.17, 15) is 0 Å². The van der Waals surface area contributed by atoms with Crippen LogP contribution in [0.2, 0.25) is 0 Å². The standard InChI is InChI=1S/C14H19NO3/c15-12-8-14-13(16-5-6-17-14)7-10(12)9-18-11-3-1-2-4-11/h7-8,11H,1-6,9,15H2. The first kappa shape index (κ1) is 11.7. The molecule has 1 aliphatic carbocycles. The summed E-state index contributed by atoms with van der Waals surface area (Å²) in [5.41, 5.74) is 7.73. The molecule has 1 saturated carbocycles. The van der Waals surface area contributed by atoms with Crippen LogP contribution in [0.1, 0.15) is 31.2 Å². The second-order valence-corrected chi connectivity index (χ2v) is 4.91. The van der Waals surface area contributed by atoms with E-state index < -0.39 is 0 Å². The van der Waals surface area contributed by atoms with Crippen molar-refractivity contribution in [1.29, 1.82) is 0 Å². The second-order valence-electron chi connectivity index (χ2n) is 4.91. The normalized spacial score (nSPS) is 19.1. The van der Waals surface area contributed by atoms with Crippen LogP contribution in [-0.2, 0) is 11.3 Å². The molecule has 1 fully saturated rings. The summed E-state index contributed by atoms with van der Waals surface area (Å²) in [6, 6.07) is 3.78. The molecule has 18 heavy (non-hydrogen) atoms. The lowest BCUT2D eigenvalue weighted by Crippen LogP contribution is -2.16. The van der Waals surface area contributed by atoms with E-state index in [1.54, 1.807) is 0 Å². The quantitative estimate of drug-likeness (QED) is 0.836. The summed E-state index contributed by atoms with van der Waals surface area (Å²) in [4.78, 5) is 0. The van der Waals surface area contributed by atoms with Gasteiger partial charge in [-0.2, -0.15) is 0 Å². The number of fused-ring (bicyclic) bond motifs is 1. The zero-order chi connectivity index (χ0) is 12.4. The Balaban J connectivity index is 1.70. The first-order valence-electron chi connectivity index (χ1n) is 6.62. The van der Waals surface area contributed by atoms with Crippen molar-refractivity contribution in [1.82, 2.24) is 0 Å². The van der Waals surface area contributed by atoms with E-state index in [2.05, 4.69) is 0 Å². The fourth-order valence-electron chi connectivity index (χ4n) is 2.53. The minimum absolute atomic E-state index is 0.401. The van der Waals surface area contributed by atoms with Crippen LogP contribution < -0.4 is 15.2 Å². The van der Waals surface area contributed by atoms with Crippen molar-refractivity contribution < 1.29 is 14.2 Å². The third-order valence-corrected chi connectivity index (χ3v) is 3.58. The highest BCUT2D eigenvalue weighted by atomic mass is 16.6. The van der Waals surface area contributed by atoms with Crippen molar-refractivity contribution in [3.63, 3.8) is 0 Å². The van der Waals surface area contributed by atoms with E-state index >= 15 is 0 Å². The zero-order valence-corrected chi connectivity index (χ0v) is 10.5. The maximum atomic E-state index is 6.01. The molecule has 2 N–H and O–H groups in total. The maximum Gasteiger partial charge on any atom is 0.163 e. The van der Waals surface area contributed by atoms with E-state index in [1.807, 2.05) is 12.1 Å². The van der Waals surface area contributed by atoms with Crippen molar-refractivity contribution in [2.45, 2.75) is 38.4 Å². The van der Waals surface area contributed by atoms with Gasteiger partial charge < -0.3 is 19.9 Å². The number of rotatable bonds is 3. The summed E-state index contributed by atoms with van der Waals surface area (Å²) in [7, 11) is 0. The Kier molecular flexibility index (Phi) is 3.28. The highest BCUT2D eigenvalue weighted by molar-refractivity contribution is 5.58. The molecule has 1 aliphatic heterocycles. The van der Waals surface area contributed by atoms with E-state index in [0.717, 1.165) is 22.7 Å². The predicted molar refractivity (Wildman–Crippen MR) is 68.9 cm³/mol. The number of hydrogen-bond donors (Lipinski definition) is 1. The van der Waals surface area contributed by atoms with Gasteiger partial charge in [0.1, 0.15) is 13.2 Å². The summed E-state index contributed by atoms with van der Waals surface area (Å²) in [6.07, 6.45) is 5.30. The van der Waals surface area contributed by atoms with Gasteiger partial charge in [0, 0.05) is 17.3 Å². The number of nitrogen functional groups attached to an aromatic ring is 1. The van der Waals surface area contributed by atoms with Crippen LogP contribution in [0.4, 0.5) is 5.69 Å². The van der Waals surface area contributed by atoms with Crippen LogP contribution in [-0.4, -0.2) is 19.3 Å². The minimum Gasteiger partial charge on any atom is -0.486 e. The Morgan fingerprint density at radius 2 is 1.78 bits per heavy atom. The molecule has 1 heterocycles. The molecule has 1 aromatic rings. The van der Waals surface area contributed by atoms with Crippen molar-refractivity contribution in [2.24, 2.45) is 0 Å². The van der Waals surface area contributed by atoms with Gasteiger partial charge in [-0.05, 0) is 18.9 Å². The molecule has 98 valence electrons. The topological polar surface area (TPSA) is 53.7 Å². The number of anilines is 1. The van der Waals surface area contributed by atoms with Gasteiger partial charge in [0.05, 0.1) is 12.7 Å². The van der Waals surface area contributed by atoms with Crippen molar-refractivity contribution in [3.8, 4) is 11.5 Å². The summed E-state index contributed by atoms with van der Waals surface area (Å²) < 4.78 is 16.9. The molecule has 0 radical (unpaired) electrons. The maximum absolute atomic E-state index is 6.01. The highest BCUT2D eigenvalue weighted by Crippen LogP contribution is 2.35. The Labute approximate surface area is 107 Å². The van der Waals surface area contributed by atoms with Gasteiger partial charge in [-0.25, -0.2) is 0 Å². The van der Waals surface area contributed by atoms with Gasteiger partial charge in [-0.1, -0.05) is 12.8 Å². The molecule has 4 heteroatoms. The molecule has 3 rings (SSSR count). The van der Waals surface area contributed by atoms with E-state index in [-0.39, 0.29) is 0 Å². The van der Waals surface area contributed by atoms with E-state index in [0.29, 0.717) is 25.9 Å². The van der Waals surface area contributed by atoms with Crippen LogP contribution in [0, 0.1) is 0 Å². The molecule has 0 unspecified atom stereocenters. The van der Waals surface area contributed by atoms with Gasteiger partial charge >= 0.3 is 0 Å². The van der Waals surface area contributed by atoms with Gasteiger partial charge in [0.15, 0.2) is 11.5 Å². The monoisotopic (exact) mass is 249 g/mol. The zero-order valence-electron chi connectivity index (χ0n) is 10.5. The van der Waals surface area contributed by atoms with Crippen LogP contribution in [0.15, 0.2) is 12.1 Å².